The summed E-state index contributed by atoms with van der Waals surface area (Å²) in [6, 6.07) is 22.2. The molecule has 4 aromatic carbocycles. The van der Waals surface area contributed by atoms with Crippen molar-refractivity contribution in [3.05, 3.63) is 112 Å². The van der Waals surface area contributed by atoms with Gasteiger partial charge in [0, 0.05) is 10.7 Å². The van der Waals surface area contributed by atoms with E-state index in [9.17, 15) is 21.6 Å². The van der Waals surface area contributed by atoms with Crippen molar-refractivity contribution in [2.75, 3.05) is 20.9 Å². The summed E-state index contributed by atoms with van der Waals surface area (Å²) in [4.78, 5) is 13.2. The van der Waals surface area contributed by atoms with Gasteiger partial charge in [0.15, 0.2) is 0 Å². The Balaban J connectivity index is 1.57. The fourth-order valence-corrected chi connectivity index (χ4v) is 7.17. The molecular weight excluding hydrogens is 582 g/mol. The molecule has 4 aromatic rings. The van der Waals surface area contributed by atoms with Crippen molar-refractivity contribution in [1.29, 1.82) is 0 Å². The van der Waals surface area contributed by atoms with Crippen LogP contribution in [0.25, 0.3) is 0 Å². The number of carbonyl (C=O) groups excluding carboxylic acids is 1. The van der Waals surface area contributed by atoms with Crippen molar-refractivity contribution in [3.63, 3.8) is 0 Å². The molecule has 0 aromatic heterocycles. The number of amides is 1. The number of sulfonamides is 2. The molecule has 0 saturated carbocycles. The maximum atomic E-state index is 13.7. The van der Waals surface area contributed by atoms with Crippen LogP contribution in [0.5, 0.6) is 0 Å². The van der Waals surface area contributed by atoms with Gasteiger partial charge in [0.25, 0.3) is 20.0 Å². The highest BCUT2D eigenvalue weighted by atomic mass is 35.5. The average Bonchev–Trinajstić information content (AvgIpc) is 2.90. The van der Waals surface area contributed by atoms with E-state index in [2.05, 4.69) is 10.0 Å². The molecule has 0 bridgehead atoms. The molecule has 0 saturated heterocycles. The third-order valence-electron chi connectivity index (χ3n) is 6.49. The van der Waals surface area contributed by atoms with Gasteiger partial charge in [-0.1, -0.05) is 47.5 Å². The number of hydrogen-bond donors (Lipinski definition) is 2. The fourth-order valence-electron chi connectivity index (χ4n) is 4.25. The second kappa shape index (κ2) is 11.9. The number of benzene rings is 4. The number of anilines is 3. The normalized spacial score (nSPS) is 11.6. The lowest BCUT2D eigenvalue weighted by Gasteiger charge is -2.26. The SMILES string of the molecule is Cc1ccc(S(=O)(=O)N(CC(=O)Nc2ccc(S(=O)(=O)Nc3c(C)cccc3C)cc2)c2ccc(Cl)cc2C)cc1. The number of hydrogen-bond acceptors (Lipinski definition) is 5. The minimum absolute atomic E-state index is 0.0125. The second-order valence-corrected chi connectivity index (χ2v) is 13.7. The molecule has 0 fully saturated rings. The summed E-state index contributed by atoms with van der Waals surface area (Å²) < 4.78 is 56.9. The van der Waals surface area contributed by atoms with Crippen LogP contribution in [0.4, 0.5) is 17.1 Å². The summed E-state index contributed by atoms with van der Waals surface area (Å²) in [6.45, 7) is 6.67. The van der Waals surface area contributed by atoms with Crippen LogP contribution in [-0.4, -0.2) is 29.3 Å². The maximum Gasteiger partial charge on any atom is 0.264 e. The summed E-state index contributed by atoms with van der Waals surface area (Å²) in [7, 11) is -8.00. The van der Waals surface area contributed by atoms with E-state index >= 15 is 0 Å². The molecule has 0 aliphatic rings. The van der Waals surface area contributed by atoms with Crippen LogP contribution in [0.3, 0.4) is 0 Å². The third-order valence-corrected chi connectivity index (χ3v) is 9.86. The number of halogens is 1. The molecule has 4 rings (SSSR count). The first-order valence-electron chi connectivity index (χ1n) is 12.6. The Morgan fingerprint density at radius 3 is 1.93 bits per heavy atom. The standard InChI is InChI=1S/C30H30ClN3O5S2/c1-20-8-13-27(14-9-20)41(38,39)34(28-17-10-24(31)18-23(28)4)19-29(35)32-25-11-15-26(16-12-25)40(36,37)33-30-21(2)6-5-7-22(30)3/h5-18,33H,19H2,1-4H3,(H,32,35). The minimum atomic E-state index is -4.11. The summed E-state index contributed by atoms with van der Waals surface area (Å²) in [5.74, 6) is -0.612. The van der Waals surface area contributed by atoms with Crippen molar-refractivity contribution in [3.8, 4) is 0 Å². The van der Waals surface area contributed by atoms with E-state index in [-0.39, 0.29) is 9.79 Å². The lowest BCUT2D eigenvalue weighted by atomic mass is 10.1. The number of aryl methyl sites for hydroxylation is 4. The molecular formula is C30H30ClN3O5S2. The number of nitrogens with zero attached hydrogens (tertiary/aromatic N) is 1. The van der Waals surface area contributed by atoms with Crippen molar-refractivity contribution < 1.29 is 21.6 Å². The first-order chi connectivity index (χ1) is 19.3. The molecule has 0 aliphatic carbocycles. The summed E-state index contributed by atoms with van der Waals surface area (Å²) in [6.07, 6.45) is 0. The van der Waals surface area contributed by atoms with E-state index in [0.717, 1.165) is 21.0 Å². The minimum Gasteiger partial charge on any atom is -0.325 e. The summed E-state index contributed by atoms with van der Waals surface area (Å²) >= 11 is 6.09. The highest BCUT2D eigenvalue weighted by Crippen LogP contribution is 2.29. The van der Waals surface area contributed by atoms with E-state index in [1.54, 1.807) is 37.3 Å². The lowest BCUT2D eigenvalue weighted by molar-refractivity contribution is -0.114. The summed E-state index contributed by atoms with van der Waals surface area (Å²) in [5.41, 5.74) is 4.18. The zero-order chi connectivity index (χ0) is 29.9. The predicted molar refractivity (Wildman–Crippen MR) is 164 cm³/mol. The van der Waals surface area contributed by atoms with Crippen LogP contribution in [-0.2, 0) is 24.8 Å². The number of carbonyl (C=O) groups is 1. The van der Waals surface area contributed by atoms with Gasteiger partial charge in [-0.25, -0.2) is 16.8 Å². The van der Waals surface area contributed by atoms with Crippen LogP contribution in [0.15, 0.2) is 94.7 Å². The highest BCUT2D eigenvalue weighted by molar-refractivity contribution is 7.93. The van der Waals surface area contributed by atoms with E-state index < -0.39 is 32.5 Å². The molecule has 1 amide bonds. The molecule has 0 unspecified atom stereocenters. The van der Waals surface area contributed by atoms with Gasteiger partial charge in [-0.15, -0.1) is 0 Å². The Morgan fingerprint density at radius 2 is 1.34 bits per heavy atom. The van der Waals surface area contributed by atoms with Crippen LogP contribution < -0.4 is 14.3 Å². The summed E-state index contributed by atoms with van der Waals surface area (Å²) in [5, 5.41) is 3.10. The molecule has 214 valence electrons. The van der Waals surface area contributed by atoms with E-state index in [1.807, 2.05) is 39.0 Å². The van der Waals surface area contributed by atoms with E-state index in [1.165, 1.54) is 36.4 Å². The zero-order valence-corrected chi connectivity index (χ0v) is 25.4. The molecule has 41 heavy (non-hydrogen) atoms. The quantitative estimate of drug-likeness (QED) is 0.234. The molecule has 0 spiro atoms. The van der Waals surface area contributed by atoms with Crippen molar-refractivity contribution in [2.45, 2.75) is 37.5 Å². The number of rotatable bonds is 9. The Morgan fingerprint density at radius 1 is 0.756 bits per heavy atom. The monoisotopic (exact) mass is 611 g/mol. The van der Waals surface area contributed by atoms with E-state index in [0.29, 0.717) is 27.6 Å². The molecule has 0 radical (unpaired) electrons. The van der Waals surface area contributed by atoms with Crippen molar-refractivity contribution in [1.82, 2.24) is 0 Å². The Kier molecular flexibility index (Phi) is 8.77. The fraction of sp³-hybridized carbons (Fsp3) is 0.167. The molecule has 2 N–H and O–H groups in total. The smallest absolute Gasteiger partial charge is 0.264 e. The highest BCUT2D eigenvalue weighted by Gasteiger charge is 2.28. The molecule has 0 aliphatic heterocycles. The van der Waals surface area contributed by atoms with Gasteiger partial charge in [0.2, 0.25) is 5.91 Å². The molecule has 0 atom stereocenters. The predicted octanol–water partition coefficient (Wildman–Crippen LogP) is 6.21. The van der Waals surface area contributed by atoms with Gasteiger partial charge < -0.3 is 5.32 Å². The van der Waals surface area contributed by atoms with Crippen LogP contribution >= 0.6 is 11.6 Å². The van der Waals surface area contributed by atoms with Crippen molar-refractivity contribution in [2.24, 2.45) is 0 Å². The van der Waals surface area contributed by atoms with Gasteiger partial charge in [0.05, 0.1) is 21.2 Å². The van der Waals surface area contributed by atoms with Crippen molar-refractivity contribution >= 4 is 54.6 Å². The van der Waals surface area contributed by atoms with Crippen LogP contribution in [0, 0.1) is 27.7 Å². The molecule has 0 heterocycles. The first-order valence-corrected chi connectivity index (χ1v) is 15.9. The van der Waals surface area contributed by atoms with Gasteiger partial charge in [-0.2, -0.15) is 0 Å². The number of para-hydroxylation sites is 1. The first kappa shape index (κ1) is 30.1. The topological polar surface area (TPSA) is 113 Å². The van der Waals surface area contributed by atoms with Gasteiger partial charge in [-0.3, -0.25) is 13.8 Å². The molecule has 11 heteroatoms. The Bertz CT molecular complexity index is 1790. The van der Waals surface area contributed by atoms with Gasteiger partial charge in [-0.05, 0) is 99.0 Å². The Labute approximate surface area is 246 Å². The molecule has 8 nitrogen and oxygen atoms in total. The second-order valence-electron chi connectivity index (χ2n) is 9.70. The van der Waals surface area contributed by atoms with Crippen LogP contribution in [0.2, 0.25) is 5.02 Å². The maximum absolute atomic E-state index is 13.7. The van der Waals surface area contributed by atoms with E-state index in [4.69, 9.17) is 11.6 Å². The average molecular weight is 612 g/mol. The third kappa shape index (κ3) is 6.90. The van der Waals surface area contributed by atoms with Gasteiger partial charge in [0.1, 0.15) is 6.54 Å². The Hall–Kier alpha value is -3.86. The number of nitrogens with one attached hydrogen (secondary N) is 2. The zero-order valence-electron chi connectivity index (χ0n) is 23.0. The van der Waals surface area contributed by atoms with Crippen LogP contribution in [0.1, 0.15) is 22.3 Å². The van der Waals surface area contributed by atoms with Gasteiger partial charge >= 0.3 is 0 Å². The lowest BCUT2D eigenvalue weighted by Crippen LogP contribution is -2.38. The largest absolute Gasteiger partial charge is 0.325 e.